The molecular weight excluding hydrogens is 305 g/mol. The molecule has 124 valence electrons. The van der Waals surface area contributed by atoms with E-state index in [1.165, 1.54) is 7.11 Å². The van der Waals surface area contributed by atoms with E-state index >= 15 is 0 Å². The van der Waals surface area contributed by atoms with Crippen LogP contribution in [0.5, 0.6) is 0 Å². The number of carbonyl (C=O) groups excluding carboxylic acids is 2. The molecule has 0 aliphatic rings. The third kappa shape index (κ3) is 10.4. The zero-order valence-corrected chi connectivity index (χ0v) is 13.6. The topological polar surface area (TPSA) is 97.4 Å². The number of nitrogens with zero attached hydrogens (tertiary/aromatic N) is 1. The van der Waals surface area contributed by atoms with E-state index in [2.05, 4.69) is 9.47 Å². The molecule has 0 N–H and O–H groups in total. The Bertz CT molecular complexity index is 357. The molecule has 0 spiro atoms. The zero-order valence-electron chi connectivity index (χ0n) is 12.7. The van der Waals surface area contributed by atoms with Gasteiger partial charge in [-0.2, -0.15) is 0 Å². The summed E-state index contributed by atoms with van der Waals surface area (Å²) in [6, 6.07) is 0. The van der Waals surface area contributed by atoms with Crippen LogP contribution in [0.3, 0.4) is 0 Å². The van der Waals surface area contributed by atoms with Gasteiger partial charge in [0.1, 0.15) is 19.8 Å². The van der Waals surface area contributed by atoms with Crippen molar-refractivity contribution in [2.24, 2.45) is 0 Å². The first-order valence-electron chi connectivity index (χ1n) is 6.16. The number of rotatable bonds is 13. The summed E-state index contributed by atoms with van der Waals surface area (Å²) in [6.45, 7) is 0.636. The first-order chi connectivity index (χ1) is 9.76. The van der Waals surface area contributed by atoms with Gasteiger partial charge in [-0.1, -0.05) is 0 Å². The first-order valence-corrected chi connectivity index (χ1v) is 7.62. The van der Waals surface area contributed by atoms with Gasteiger partial charge in [0.2, 0.25) is 0 Å². The smallest absolute Gasteiger partial charge is 0.464 e. The SMILES string of the molecule is COP(=O)(OCC[N+](C)(C)C)OCC(COC=O)OC=O. The van der Waals surface area contributed by atoms with Crippen molar-refractivity contribution < 1.29 is 41.7 Å². The van der Waals surface area contributed by atoms with Gasteiger partial charge in [0, 0.05) is 7.11 Å². The number of likely N-dealkylation sites (N-methyl/N-ethyl adjacent to an activating group) is 1. The summed E-state index contributed by atoms with van der Waals surface area (Å²) < 4.78 is 36.7. The van der Waals surface area contributed by atoms with Crippen LogP contribution in [0.25, 0.3) is 0 Å². The van der Waals surface area contributed by atoms with E-state index < -0.39 is 13.9 Å². The highest BCUT2D eigenvalue weighted by Gasteiger charge is 2.28. The van der Waals surface area contributed by atoms with Crippen molar-refractivity contribution in [3.8, 4) is 0 Å². The van der Waals surface area contributed by atoms with Crippen LogP contribution in [0.4, 0.5) is 0 Å². The van der Waals surface area contributed by atoms with Crippen molar-refractivity contribution in [2.45, 2.75) is 6.10 Å². The highest BCUT2D eigenvalue weighted by molar-refractivity contribution is 7.48. The molecule has 0 aromatic carbocycles. The average molecular weight is 328 g/mol. The Hall–Kier alpha value is -0.990. The second-order valence-corrected chi connectivity index (χ2v) is 6.83. The standard InChI is InChI=1S/C11H23NO8P/c1-12(2,3)5-6-19-21(15,16-4)20-8-11(18-10-14)7-17-9-13/h9-11H,5-8H2,1-4H3/q+1. The van der Waals surface area contributed by atoms with E-state index in [0.29, 0.717) is 11.0 Å². The van der Waals surface area contributed by atoms with Crippen molar-refractivity contribution in [3.63, 3.8) is 0 Å². The van der Waals surface area contributed by atoms with Crippen molar-refractivity contribution in [2.75, 3.05) is 54.6 Å². The number of carbonyl (C=O) groups is 2. The van der Waals surface area contributed by atoms with Crippen LogP contribution >= 0.6 is 7.82 Å². The molecule has 0 rings (SSSR count). The summed E-state index contributed by atoms with van der Waals surface area (Å²) in [5.41, 5.74) is 0. The van der Waals surface area contributed by atoms with Crippen molar-refractivity contribution in [3.05, 3.63) is 0 Å². The fraction of sp³-hybridized carbons (Fsp3) is 0.818. The number of hydrogen-bond donors (Lipinski definition) is 0. The molecular formula is C11H23NO8P+. The first kappa shape index (κ1) is 20.0. The van der Waals surface area contributed by atoms with E-state index in [0.717, 1.165) is 0 Å². The molecule has 10 heteroatoms. The lowest BCUT2D eigenvalue weighted by atomic mass is 10.4. The molecule has 0 fully saturated rings. The summed E-state index contributed by atoms with van der Waals surface area (Å²) in [5, 5.41) is 0. The second kappa shape index (κ2) is 9.86. The van der Waals surface area contributed by atoms with Crippen molar-refractivity contribution in [1.82, 2.24) is 0 Å². The molecule has 9 nitrogen and oxygen atoms in total. The normalized spacial score (nSPS) is 15.8. The van der Waals surface area contributed by atoms with Crippen LogP contribution in [0.2, 0.25) is 0 Å². The van der Waals surface area contributed by atoms with Gasteiger partial charge in [-0.05, 0) is 0 Å². The molecule has 0 saturated heterocycles. The van der Waals surface area contributed by atoms with Gasteiger partial charge in [0.05, 0.1) is 27.7 Å². The number of quaternary nitrogens is 1. The van der Waals surface area contributed by atoms with Crippen LogP contribution in [0.15, 0.2) is 0 Å². The van der Waals surface area contributed by atoms with Gasteiger partial charge in [-0.15, -0.1) is 0 Å². The van der Waals surface area contributed by atoms with Crippen LogP contribution in [-0.4, -0.2) is 78.1 Å². The maximum absolute atomic E-state index is 12.1. The Morgan fingerprint density at radius 1 is 1.10 bits per heavy atom. The van der Waals surface area contributed by atoms with E-state index in [-0.39, 0.29) is 32.8 Å². The second-order valence-electron chi connectivity index (χ2n) is 5.06. The predicted octanol–water partition coefficient (Wildman–Crippen LogP) is 0.195. The Labute approximate surface area is 124 Å². The van der Waals surface area contributed by atoms with Gasteiger partial charge in [-0.3, -0.25) is 23.2 Å². The molecule has 0 saturated carbocycles. The Morgan fingerprint density at radius 2 is 1.76 bits per heavy atom. The van der Waals surface area contributed by atoms with Gasteiger partial charge in [-0.25, -0.2) is 4.57 Å². The van der Waals surface area contributed by atoms with Gasteiger partial charge < -0.3 is 14.0 Å². The molecule has 0 bridgehead atoms. The molecule has 0 radical (unpaired) electrons. The van der Waals surface area contributed by atoms with E-state index in [4.69, 9.17) is 13.6 Å². The predicted molar refractivity (Wildman–Crippen MR) is 72.4 cm³/mol. The molecule has 2 atom stereocenters. The monoisotopic (exact) mass is 328 g/mol. The number of phosphoric ester groups is 1. The fourth-order valence-corrected chi connectivity index (χ4v) is 2.03. The van der Waals surface area contributed by atoms with Crippen molar-refractivity contribution in [1.29, 1.82) is 0 Å². The lowest BCUT2D eigenvalue weighted by Gasteiger charge is -2.25. The number of hydrogen-bond acceptors (Lipinski definition) is 8. The van der Waals surface area contributed by atoms with Gasteiger partial charge >= 0.3 is 7.82 Å². The Kier molecular flexibility index (Phi) is 9.39. The largest absolute Gasteiger partial charge is 0.474 e. The summed E-state index contributed by atoms with van der Waals surface area (Å²) in [5.74, 6) is 0. The molecule has 0 aliphatic heterocycles. The quantitative estimate of drug-likeness (QED) is 0.269. The van der Waals surface area contributed by atoms with Gasteiger partial charge in [0.15, 0.2) is 6.10 Å². The molecule has 0 aliphatic carbocycles. The van der Waals surface area contributed by atoms with E-state index in [1.54, 1.807) is 0 Å². The average Bonchev–Trinajstić information content (AvgIpc) is 2.40. The van der Waals surface area contributed by atoms with E-state index in [1.807, 2.05) is 21.1 Å². The molecule has 0 heterocycles. The molecule has 0 aromatic rings. The third-order valence-electron chi connectivity index (χ3n) is 2.25. The summed E-state index contributed by atoms with van der Waals surface area (Å²) in [6.07, 6.45) is -0.891. The fourth-order valence-electron chi connectivity index (χ4n) is 1.10. The highest BCUT2D eigenvalue weighted by atomic mass is 31.2. The van der Waals surface area contributed by atoms with Crippen molar-refractivity contribution >= 4 is 20.8 Å². The van der Waals surface area contributed by atoms with Crippen LogP contribution in [0.1, 0.15) is 0 Å². The van der Waals surface area contributed by atoms with E-state index in [9.17, 15) is 14.2 Å². The minimum Gasteiger partial charge on any atom is -0.464 e. The summed E-state index contributed by atoms with van der Waals surface area (Å²) in [7, 11) is 3.29. The van der Waals surface area contributed by atoms with Crippen LogP contribution < -0.4 is 0 Å². The van der Waals surface area contributed by atoms with Gasteiger partial charge in [0.25, 0.3) is 12.9 Å². The Balaban J connectivity index is 4.33. The maximum Gasteiger partial charge on any atom is 0.474 e. The minimum atomic E-state index is -3.75. The zero-order chi connectivity index (χ0) is 16.4. The lowest BCUT2D eigenvalue weighted by molar-refractivity contribution is -0.870. The Morgan fingerprint density at radius 3 is 2.24 bits per heavy atom. The highest BCUT2D eigenvalue weighted by Crippen LogP contribution is 2.48. The molecule has 21 heavy (non-hydrogen) atoms. The molecule has 0 amide bonds. The van der Waals surface area contributed by atoms with Crippen LogP contribution in [-0.2, 0) is 37.2 Å². The maximum atomic E-state index is 12.1. The summed E-state index contributed by atoms with van der Waals surface area (Å²) >= 11 is 0. The number of phosphoric acid groups is 1. The minimum absolute atomic E-state index is 0.165. The lowest BCUT2D eigenvalue weighted by Crippen LogP contribution is -2.37. The number of ether oxygens (including phenoxy) is 2. The summed E-state index contributed by atoms with van der Waals surface area (Å²) in [4.78, 5) is 20.4. The third-order valence-corrected chi connectivity index (χ3v) is 3.66. The molecule has 0 aromatic heterocycles. The van der Waals surface area contributed by atoms with Crippen LogP contribution in [0, 0.1) is 0 Å². The molecule has 2 unspecified atom stereocenters.